The van der Waals surface area contributed by atoms with Gasteiger partial charge in [0, 0.05) is 32.7 Å². The van der Waals surface area contributed by atoms with Gasteiger partial charge in [-0.1, -0.05) is 12.1 Å². The van der Waals surface area contributed by atoms with Crippen LogP contribution in [0.2, 0.25) is 0 Å². The Hall–Kier alpha value is -1.70. The number of piperidine rings is 1. The van der Waals surface area contributed by atoms with Gasteiger partial charge in [0.1, 0.15) is 5.82 Å². The number of carboxylic acid groups (broad SMARTS) is 1. The fraction of sp³-hybridized carbons (Fsp3) is 0.579. The van der Waals surface area contributed by atoms with E-state index in [0.29, 0.717) is 6.54 Å². The minimum atomic E-state index is -0.822. The molecule has 8 heteroatoms. The third-order valence-corrected chi connectivity index (χ3v) is 5.10. The smallest absolute Gasteiger partial charge is 0.317 e. The number of hydrogen-bond acceptors (Lipinski definition) is 4. The summed E-state index contributed by atoms with van der Waals surface area (Å²) >= 11 is 0. The Kier molecular flexibility index (Phi) is 9.15. The molecule has 1 saturated heterocycles. The van der Waals surface area contributed by atoms with Crippen LogP contribution in [0.4, 0.5) is 4.39 Å². The van der Waals surface area contributed by atoms with E-state index in [2.05, 4.69) is 4.90 Å². The largest absolute Gasteiger partial charge is 0.480 e. The number of aliphatic carboxylic acids is 1. The van der Waals surface area contributed by atoms with E-state index in [1.807, 2.05) is 18.9 Å². The molecule has 0 aromatic heterocycles. The summed E-state index contributed by atoms with van der Waals surface area (Å²) in [6, 6.07) is 6.26. The topological polar surface area (TPSA) is 64.1 Å². The summed E-state index contributed by atoms with van der Waals surface area (Å²) in [5.74, 6) is -1.12. The standard InChI is InChI=1S/C19H28FN3O3.ClH/c1-14(19(26)22(3)12-15-5-4-6-16(20)11-15)23-9-7-17(8-10-23)21(2)13-18(24)25;/h4-6,11,14,17H,7-10,12-13H2,1-3H3,(H,24,25);1H. The van der Waals surface area contributed by atoms with Crippen molar-refractivity contribution in [1.82, 2.24) is 14.7 Å². The van der Waals surface area contributed by atoms with Crippen molar-refractivity contribution in [2.75, 3.05) is 33.7 Å². The first-order valence-corrected chi connectivity index (χ1v) is 8.93. The SMILES string of the molecule is CC(C(=O)N(C)Cc1cccc(F)c1)N1CCC(N(C)CC(=O)O)CC1.Cl. The predicted molar refractivity (Wildman–Crippen MR) is 104 cm³/mol. The van der Waals surface area contributed by atoms with Gasteiger partial charge < -0.3 is 10.0 Å². The molecule has 1 aromatic rings. The number of nitrogens with zero attached hydrogens (tertiary/aromatic N) is 3. The lowest BCUT2D eigenvalue weighted by Crippen LogP contribution is -2.51. The minimum absolute atomic E-state index is 0. The van der Waals surface area contributed by atoms with Crippen molar-refractivity contribution >= 4 is 24.3 Å². The van der Waals surface area contributed by atoms with Gasteiger partial charge in [0.2, 0.25) is 5.91 Å². The van der Waals surface area contributed by atoms with Crippen molar-refractivity contribution in [2.24, 2.45) is 0 Å². The first-order chi connectivity index (χ1) is 12.3. The lowest BCUT2D eigenvalue weighted by Gasteiger charge is -2.39. The van der Waals surface area contributed by atoms with Crippen LogP contribution in [0, 0.1) is 5.82 Å². The molecule has 1 aromatic carbocycles. The average molecular weight is 402 g/mol. The van der Waals surface area contributed by atoms with Gasteiger partial charge in [-0.05, 0) is 44.5 Å². The maximum Gasteiger partial charge on any atom is 0.317 e. The zero-order chi connectivity index (χ0) is 19.3. The van der Waals surface area contributed by atoms with Gasteiger partial charge in [-0.25, -0.2) is 4.39 Å². The zero-order valence-corrected chi connectivity index (χ0v) is 16.9. The van der Waals surface area contributed by atoms with Crippen LogP contribution in [0.1, 0.15) is 25.3 Å². The summed E-state index contributed by atoms with van der Waals surface area (Å²) < 4.78 is 13.3. The lowest BCUT2D eigenvalue weighted by molar-refractivity contribution is -0.138. The number of carboxylic acids is 1. The second-order valence-electron chi connectivity index (χ2n) is 7.08. The Labute approximate surface area is 166 Å². The molecule has 1 fully saturated rings. The van der Waals surface area contributed by atoms with Crippen LogP contribution in [0.15, 0.2) is 24.3 Å². The maximum atomic E-state index is 13.3. The van der Waals surface area contributed by atoms with Gasteiger partial charge in [-0.2, -0.15) is 0 Å². The van der Waals surface area contributed by atoms with Crippen LogP contribution in [-0.2, 0) is 16.1 Å². The van der Waals surface area contributed by atoms with Gasteiger partial charge in [0.15, 0.2) is 0 Å². The highest BCUT2D eigenvalue weighted by Gasteiger charge is 2.30. The maximum absolute atomic E-state index is 13.3. The summed E-state index contributed by atoms with van der Waals surface area (Å²) in [6.45, 7) is 3.82. The molecule has 0 aliphatic carbocycles. The highest BCUT2D eigenvalue weighted by atomic mass is 35.5. The molecule has 1 aliphatic heterocycles. The molecule has 2 rings (SSSR count). The molecule has 1 N–H and O–H groups in total. The van der Waals surface area contributed by atoms with Crippen molar-refractivity contribution in [3.05, 3.63) is 35.6 Å². The normalized spacial score (nSPS) is 16.6. The molecule has 0 saturated carbocycles. The molecule has 1 amide bonds. The summed E-state index contributed by atoms with van der Waals surface area (Å²) in [4.78, 5) is 29.2. The van der Waals surface area contributed by atoms with Crippen LogP contribution in [0.3, 0.4) is 0 Å². The summed E-state index contributed by atoms with van der Waals surface area (Å²) in [7, 11) is 3.56. The average Bonchev–Trinajstić information content (AvgIpc) is 2.60. The van der Waals surface area contributed by atoms with Crippen molar-refractivity contribution in [3.8, 4) is 0 Å². The summed E-state index contributed by atoms with van der Waals surface area (Å²) in [5, 5.41) is 8.90. The number of likely N-dealkylation sites (tertiary alicyclic amines) is 1. The molecule has 1 unspecified atom stereocenters. The first-order valence-electron chi connectivity index (χ1n) is 8.93. The number of halogens is 2. The minimum Gasteiger partial charge on any atom is -0.480 e. The van der Waals surface area contributed by atoms with Gasteiger partial charge in [-0.3, -0.25) is 19.4 Å². The Morgan fingerprint density at radius 2 is 1.93 bits per heavy atom. The van der Waals surface area contributed by atoms with E-state index in [1.54, 1.807) is 24.1 Å². The summed E-state index contributed by atoms with van der Waals surface area (Å²) in [5.41, 5.74) is 0.766. The molecule has 0 spiro atoms. The van der Waals surface area contributed by atoms with E-state index in [4.69, 9.17) is 5.11 Å². The number of hydrogen-bond donors (Lipinski definition) is 1. The highest BCUT2D eigenvalue weighted by Crippen LogP contribution is 2.18. The number of benzene rings is 1. The fourth-order valence-electron chi connectivity index (χ4n) is 3.52. The molecule has 27 heavy (non-hydrogen) atoms. The third kappa shape index (κ3) is 6.75. The molecule has 1 heterocycles. The van der Waals surface area contributed by atoms with Crippen molar-refractivity contribution in [2.45, 2.75) is 38.4 Å². The van der Waals surface area contributed by atoms with Crippen molar-refractivity contribution < 1.29 is 19.1 Å². The molecule has 0 radical (unpaired) electrons. The number of rotatable bonds is 7. The fourth-order valence-corrected chi connectivity index (χ4v) is 3.52. The van der Waals surface area contributed by atoms with Crippen LogP contribution in [0.5, 0.6) is 0 Å². The van der Waals surface area contributed by atoms with Gasteiger partial charge in [-0.15, -0.1) is 12.4 Å². The van der Waals surface area contributed by atoms with Crippen molar-refractivity contribution in [3.63, 3.8) is 0 Å². The van der Waals surface area contributed by atoms with Gasteiger partial charge in [0.25, 0.3) is 0 Å². The molecule has 152 valence electrons. The van der Waals surface area contributed by atoms with Gasteiger partial charge >= 0.3 is 5.97 Å². The number of carbonyl (C=O) groups is 2. The molecule has 1 atom stereocenters. The number of carbonyl (C=O) groups excluding carboxylic acids is 1. The highest BCUT2D eigenvalue weighted by molar-refractivity contribution is 5.85. The van der Waals surface area contributed by atoms with Crippen LogP contribution in [0.25, 0.3) is 0 Å². The molecular formula is C19H29ClFN3O3. The second kappa shape index (κ2) is 10.6. The first kappa shape index (κ1) is 23.3. The van der Waals surface area contributed by atoms with Crippen LogP contribution in [-0.4, -0.2) is 77.5 Å². The molecule has 0 bridgehead atoms. The Morgan fingerprint density at radius 1 is 1.30 bits per heavy atom. The number of amides is 1. The van der Waals surface area contributed by atoms with Crippen LogP contribution < -0.4 is 0 Å². The Morgan fingerprint density at radius 3 is 2.48 bits per heavy atom. The third-order valence-electron chi connectivity index (χ3n) is 5.10. The van der Waals surface area contributed by atoms with Crippen LogP contribution >= 0.6 is 12.4 Å². The summed E-state index contributed by atoms with van der Waals surface area (Å²) in [6.07, 6.45) is 1.68. The second-order valence-corrected chi connectivity index (χ2v) is 7.08. The Balaban J connectivity index is 0.00000364. The lowest BCUT2D eigenvalue weighted by atomic mass is 10.0. The van der Waals surface area contributed by atoms with E-state index in [1.165, 1.54) is 12.1 Å². The van der Waals surface area contributed by atoms with E-state index >= 15 is 0 Å². The van der Waals surface area contributed by atoms with Crippen molar-refractivity contribution in [1.29, 1.82) is 0 Å². The van der Waals surface area contributed by atoms with E-state index in [-0.39, 0.29) is 42.8 Å². The Bertz CT molecular complexity index is 638. The van der Waals surface area contributed by atoms with Gasteiger partial charge in [0.05, 0.1) is 12.6 Å². The quantitative estimate of drug-likeness (QED) is 0.757. The van der Waals surface area contributed by atoms with E-state index in [9.17, 15) is 14.0 Å². The molecule has 1 aliphatic rings. The van der Waals surface area contributed by atoms with E-state index < -0.39 is 5.97 Å². The molecular weight excluding hydrogens is 373 g/mol. The predicted octanol–water partition coefficient (Wildman–Crippen LogP) is 2.08. The monoisotopic (exact) mass is 401 g/mol. The number of likely N-dealkylation sites (N-methyl/N-ethyl adjacent to an activating group) is 2. The zero-order valence-electron chi connectivity index (χ0n) is 16.1. The van der Waals surface area contributed by atoms with E-state index in [0.717, 1.165) is 31.5 Å². The molecule has 6 nitrogen and oxygen atoms in total.